The number of carbonyl (C=O) groups is 1. The maximum atomic E-state index is 12.1. The van der Waals surface area contributed by atoms with Gasteiger partial charge in [0.25, 0.3) is 11.9 Å². The molecule has 116 valence electrons. The molecule has 0 spiro atoms. The number of hydrogen-bond acceptors (Lipinski definition) is 4. The third-order valence-corrected chi connectivity index (χ3v) is 4.60. The van der Waals surface area contributed by atoms with E-state index in [1.54, 1.807) is 6.07 Å². The normalized spacial score (nSPS) is 17.8. The van der Waals surface area contributed by atoms with Crippen molar-refractivity contribution in [3.05, 3.63) is 22.4 Å². The highest BCUT2D eigenvalue weighted by Crippen LogP contribution is 2.16. The lowest BCUT2D eigenvalue weighted by Gasteiger charge is -2.35. The van der Waals surface area contributed by atoms with Crippen molar-refractivity contribution in [2.45, 2.75) is 25.8 Å². The van der Waals surface area contributed by atoms with Crippen LogP contribution in [0.3, 0.4) is 0 Å². The van der Waals surface area contributed by atoms with E-state index in [0.29, 0.717) is 23.5 Å². The Morgan fingerprint density at radius 2 is 2.24 bits per heavy atom. The lowest BCUT2D eigenvalue weighted by molar-refractivity contribution is 0.0993. The van der Waals surface area contributed by atoms with E-state index in [1.165, 1.54) is 11.3 Å². The van der Waals surface area contributed by atoms with Crippen molar-refractivity contribution in [3.8, 4) is 0 Å². The number of likely N-dealkylation sites (tertiary alicyclic amines) is 1. The van der Waals surface area contributed by atoms with E-state index < -0.39 is 0 Å². The van der Waals surface area contributed by atoms with Crippen LogP contribution in [0.5, 0.6) is 0 Å². The van der Waals surface area contributed by atoms with Crippen molar-refractivity contribution in [2.75, 3.05) is 33.8 Å². The molecule has 1 amide bonds. The summed E-state index contributed by atoms with van der Waals surface area (Å²) < 4.78 is 5.60. The molecule has 1 fully saturated rings. The molecule has 1 aromatic heterocycles. The minimum absolute atomic E-state index is 0.228. The largest absolute Gasteiger partial charge is 0.465 e. The quantitative estimate of drug-likeness (QED) is 0.635. The summed E-state index contributed by atoms with van der Waals surface area (Å²) in [6.45, 7) is 4.54. The molecular weight excluding hydrogens is 286 g/mol. The Balaban J connectivity index is 2.08. The van der Waals surface area contributed by atoms with E-state index in [0.717, 1.165) is 25.9 Å². The minimum Gasteiger partial charge on any atom is -0.465 e. The molecule has 1 aromatic rings. The van der Waals surface area contributed by atoms with E-state index >= 15 is 0 Å². The van der Waals surface area contributed by atoms with Gasteiger partial charge in [-0.25, -0.2) is 0 Å². The molecule has 5 nitrogen and oxygen atoms in total. The highest BCUT2D eigenvalue weighted by atomic mass is 32.1. The monoisotopic (exact) mass is 309 g/mol. The van der Waals surface area contributed by atoms with E-state index in [2.05, 4.69) is 16.9 Å². The third kappa shape index (κ3) is 4.28. The Morgan fingerprint density at radius 1 is 1.52 bits per heavy atom. The fraction of sp³-hybridized carbons (Fsp3) is 0.600. The number of rotatable bonds is 3. The van der Waals surface area contributed by atoms with Crippen LogP contribution in [0.25, 0.3) is 0 Å². The molecular formula is C15H23N3O2S. The van der Waals surface area contributed by atoms with Crippen molar-refractivity contribution >= 4 is 23.3 Å². The number of nitrogens with zero attached hydrogens (tertiary/aromatic N) is 3. The van der Waals surface area contributed by atoms with Gasteiger partial charge in [0.05, 0.1) is 11.5 Å². The first-order chi connectivity index (χ1) is 10.1. The average molecular weight is 309 g/mol. The molecule has 0 bridgehead atoms. The summed E-state index contributed by atoms with van der Waals surface area (Å²) in [4.78, 5) is 21.3. The Labute approximate surface area is 130 Å². The molecule has 2 rings (SSSR count). The smallest absolute Gasteiger partial charge is 0.295 e. The Kier molecular flexibility index (Phi) is 5.76. The summed E-state index contributed by atoms with van der Waals surface area (Å²) in [7, 11) is 4.10. The number of aliphatic imine (C=N–C) groups is 1. The maximum Gasteiger partial charge on any atom is 0.295 e. The first-order valence-corrected chi connectivity index (χ1v) is 8.20. The lowest BCUT2D eigenvalue weighted by Crippen LogP contribution is -2.45. The zero-order valence-electron chi connectivity index (χ0n) is 12.9. The second kappa shape index (κ2) is 7.56. The Hall–Kier alpha value is -1.40. The van der Waals surface area contributed by atoms with E-state index in [4.69, 9.17) is 4.74 Å². The van der Waals surface area contributed by atoms with E-state index in [-0.39, 0.29) is 5.91 Å². The van der Waals surface area contributed by atoms with Gasteiger partial charge in [-0.2, -0.15) is 4.99 Å². The standard InChI is InChI=1S/C15H23N3O2S/c1-4-20-15(16-14(19)13-6-5-11-21-13)18(3)12-7-9-17(2)10-8-12/h5-6,11-12H,4,7-10H2,1-3H3. The fourth-order valence-electron chi connectivity index (χ4n) is 2.42. The molecule has 0 aliphatic carbocycles. The van der Waals surface area contributed by atoms with Gasteiger partial charge in [-0.15, -0.1) is 11.3 Å². The van der Waals surface area contributed by atoms with Crippen LogP contribution in [0.1, 0.15) is 29.4 Å². The van der Waals surface area contributed by atoms with Gasteiger partial charge in [-0.1, -0.05) is 6.07 Å². The number of amidine groups is 1. The van der Waals surface area contributed by atoms with Gasteiger partial charge >= 0.3 is 0 Å². The van der Waals surface area contributed by atoms with Crippen LogP contribution in [0, 0.1) is 0 Å². The number of ether oxygens (including phenoxy) is 1. The van der Waals surface area contributed by atoms with Crippen molar-refractivity contribution in [3.63, 3.8) is 0 Å². The van der Waals surface area contributed by atoms with Crippen LogP contribution in [-0.4, -0.2) is 61.6 Å². The molecule has 1 aliphatic heterocycles. The van der Waals surface area contributed by atoms with E-state index in [9.17, 15) is 4.79 Å². The van der Waals surface area contributed by atoms with Gasteiger partial charge in [-0.3, -0.25) is 4.79 Å². The molecule has 0 saturated carbocycles. The van der Waals surface area contributed by atoms with Crippen LogP contribution >= 0.6 is 11.3 Å². The van der Waals surface area contributed by atoms with Gasteiger partial charge < -0.3 is 14.5 Å². The zero-order valence-corrected chi connectivity index (χ0v) is 13.7. The van der Waals surface area contributed by atoms with Gasteiger partial charge in [0.15, 0.2) is 0 Å². The summed E-state index contributed by atoms with van der Waals surface area (Å²) in [5.41, 5.74) is 0. The van der Waals surface area contributed by atoms with Crippen molar-refractivity contribution in [1.82, 2.24) is 9.80 Å². The van der Waals surface area contributed by atoms with Crippen molar-refractivity contribution in [1.29, 1.82) is 0 Å². The number of carbonyl (C=O) groups excluding carboxylic acids is 1. The van der Waals surface area contributed by atoms with Crippen LogP contribution < -0.4 is 0 Å². The fourth-order valence-corrected chi connectivity index (χ4v) is 3.03. The summed E-state index contributed by atoms with van der Waals surface area (Å²) >= 11 is 1.40. The predicted octanol–water partition coefficient (Wildman–Crippen LogP) is 2.31. The Morgan fingerprint density at radius 3 is 2.81 bits per heavy atom. The molecule has 1 aliphatic rings. The summed E-state index contributed by atoms with van der Waals surface area (Å²) in [5.74, 6) is -0.228. The number of hydrogen-bond donors (Lipinski definition) is 0. The number of piperidine rings is 1. The summed E-state index contributed by atoms with van der Waals surface area (Å²) in [5, 5.41) is 1.88. The van der Waals surface area contributed by atoms with Gasteiger partial charge in [0.1, 0.15) is 0 Å². The average Bonchev–Trinajstić information content (AvgIpc) is 3.01. The van der Waals surface area contributed by atoms with Gasteiger partial charge in [-0.05, 0) is 51.3 Å². The Bertz CT molecular complexity index is 479. The predicted molar refractivity (Wildman–Crippen MR) is 86.0 cm³/mol. The topological polar surface area (TPSA) is 45.1 Å². The van der Waals surface area contributed by atoms with E-state index in [1.807, 2.05) is 30.3 Å². The molecule has 1 saturated heterocycles. The highest BCUT2D eigenvalue weighted by Gasteiger charge is 2.24. The van der Waals surface area contributed by atoms with Crippen molar-refractivity contribution in [2.24, 2.45) is 4.99 Å². The van der Waals surface area contributed by atoms with Gasteiger partial charge in [0, 0.05) is 13.1 Å². The van der Waals surface area contributed by atoms with Crippen LogP contribution in [0.15, 0.2) is 22.5 Å². The first kappa shape index (κ1) is 16.0. The zero-order chi connectivity index (χ0) is 15.2. The summed E-state index contributed by atoms with van der Waals surface area (Å²) in [6.07, 6.45) is 2.12. The summed E-state index contributed by atoms with van der Waals surface area (Å²) in [6, 6.07) is 4.46. The minimum atomic E-state index is -0.228. The van der Waals surface area contributed by atoms with Crippen LogP contribution in [0.2, 0.25) is 0 Å². The second-order valence-corrected chi connectivity index (χ2v) is 6.20. The molecule has 0 radical (unpaired) electrons. The molecule has 0 atom stereocenters. The second-order valence-electron chi connectivity index (χ2n) is 5.26. The number of thiophene rings is 1. The molecule has 0 unspecified atom stereocenters. The lowest BCUT2D eigenvalue weighted by atomic mass is 10.0. The first-order valence-electron chi connectivity index (χ1n) is 7.32. The SMILES string of the molecule is CCOC(=NC(=O)c1cccs1)N(C)C1CCN(C)CC1. The maximum absolute atomic E-state index is 12.1. The molecule has 2 heterocycles. The molecule has 21 heavy (non-hydrogen) atoms. The highest BCUT2D eigenvalue weighted by molar-refractivity contribution is 7.12. The van der Waals surface area contributed by atoms with Crippen LogP contribution in [0.4, 0.5) is 0 Å². The molecule has 6 heteroatoms. The third-order valence-electron chi connectivity index (χ3n) is 3.74. The van der Waals surface area contributed by atoms with Crippen LogP contribution in [-0.2, 0) is 4.74 Å². The van der Waals surface area contributed by atoms with Gasteiger partial charge in [0.2, 0.25) is 0 Å². The number of amides is 1. The molecule has 0 aromatic carbocycles. The molecule has 0 N–H and O–H groups in total. The van der Waals surface area contributed by atoms with Crippen molar-refractivity contribution < 1.29 is 9.53 Å².